The number of methoxy groups -OCH3 is 1. The Morgan fingerprint density at radius 3 is 2.21 bits per heavy atom. The van der Waals surface area contributed by atoms with Crippen LogP contribution in [0, 0.1) is 0 Å². The van der Waals surface area contributed by atoms with E-state index in [0.29, 0.717) is 0 Å². The number of ether oxygens (including phenoxy) is 4. The Hall–Kier alpha value is -0.340. The molecular weight excluding hydrogens is 368 g/mol. The smallest absolute Gasteiger partial charge is 0.264 e. The molecule has 2 aliphatic rings. The van der Waals surface area contributed by atoms with Crippen molar-refractivity contribution in [3.8, 4) is 0 Å². The largest absolute Gasteiger partial charge is 0.376 e. The van der Waals surface area contributed by atoms with Crippen LogP contribution in [0.1, 0.15) is 13.8 Å². The van der Waals surface area contributed by atoms with E-state index in [2.05, 4.69) is 4.18 Å². The summed E-state index contributed by atoms with van der Waals surface area (Å²) < 4.78 is 77.2. The molecular formula is C12H22O10S2. The van der Waals surface area contributed by atoms with Crippen molar-refractivity contribution in [2.45, 2.75) is 50.3 Å². The van der Waals surface area contributed by atoms with Gasteiger partial charge in [-0.2, -0.15) is 16.8 Å². The van der Waals surface area contributed by atoms with Gasteiger partial charge in [-0.05, 0) is 13.8 Å². The topological polar surface area (TPSA) is 124 Å². The van der Waals surface area contributed by atoms with E-state index in [9.17, 15) is 16.8 Å². The van der Waals surface area contributed by atoms with Crippen LogP contribution in [0.5, 0.6) is 0 Å². The van der Waals surface area contributed by atoms with E-state index < -0.39 is 63.3 Å². The van der Waals surface area contributed by atoms with Crippen molar-refractivity contribution in [2.24, 2.45) is 0 Å². The first kappa shape index (κ1) is 20.0. The Labute approximate surface area is 141 Å². The van der Waals surface area contributed by atoms with Crippen LogP contribution in [0.15, 0.2) is 0 Å². The predicted molar refractivity (Wildman–Crippen MR) is 80.0 cm³/mol. The second-order valence-corrected chi connectivity index (χ2v) is 9.34. The van der Waals surface area contributed by atoms with E-state index in [4.69, 9.17) is 23.1 Å². The first-order valence-corrected chi connectivity index (χ1v) is 10.7. The second kappa shape index (κ2) is 6.76. The third-order valence-electron chi connectivity index (χ3n) is 3.41. The lowest BCUT2D eigenvalue weighted by Crippen LogP contribution is -2.46. The Bertz CT molecular complexity index is 655. The van der Waals surface area contributed by atoms with E-state index in [1.165, 1.54) is 7.11 Å². The second-order valence-electron chi connectivity index (χ2n) is 6.10. The van der Waals surface area contributed by atoms with Gasteiger partial charge in [0.05, 0.1) is 19.1 Å². The number of hydrogen-bond donors (Lipinski definition) is 0. The van der Waals surface area contributed by atoms with Crippen LogP contribution < -0.4 is 0 Å². The van der Waals surface area contributed by atoms with Crippen LogP contribution in [-0.4, -0.2) is 79.6 Å². The molecule has 2 fully saturated rings. The summed E-state index contributed by atoms with van der Waals surface area (Å²) in [6, 6.07) is 0. The molecule has 0 aromatic carbocycles. The van der Waals surface area contributed by atoms with E-state index in [1.54, 1.807) is 13.8 Å². The summed E-state index contributed by atoms with van der Waals surface area (Å²) in [5, 5.41) is 0. The minimum absolute atomic E-state index is 0.556. The van der Waals surface area contributed by atoms with Crippen molar-refractivity contribution in [1.29, 1.82) is 0 Å². The quantitative estimate of drug-likeness (QED) is 0.510. The summed E-state index contributed by atoms with van der Waals surface area (Å²) in [4.78, 5) is 0. The molecule has 10 nitrogen and oxygen atoms in total. The van der Waals surface area contributed by atoms with Crippen molar-refractivity contribution < 1.29 is 44.1 Å². The molecule has 1 unspecified atom stereocenters. The van der Waals surface area contributed by atoms with Crippen molar-refractivity contribution >= 4 is 20.2 Å². The summed E-state index contributed by atoms with van der Waals surface area (Å²) in [6.45, 7) is 2.85. The maximum absolute atomic E-state index is 11.5. The molecule has 2 rings (SSSR count). The van der Waals surface area contributed by atoms with E-state index in [-0.39, 0.29) is 0 Å². The average Bonchev–Trinajstić information content (AvgIpc) is 2.83. The molecule has 0 aromatic rings. The zero-order valence-corrected chi connectivity index (χ0v) is 15.6. The van der Waals surface area contributed by atoms with E-state index in [0.717, 1.165) is 12.5 Å². The SMILES string of the molecule is CO[C@@H]1C2OC(C)(C)O[C@H]2O[C@@H]1[C@@H](COS(C)(=O)=O)OS(C)(=O)=O. The van der Waals surface area contributed by atoms with Gasteiger partial charge in [-0.3, -0.25) is 8.37 Å². The van der Waals surface area contributed by atoms with Crippen LogP contribution in [0.2, 0.25) is 0 Å². The van der Waals surface area contributed by atoms with Gasteiger partial charge in [-0.25, -0.2) is 0 Å². The van der Waals surface area contributed by atoms with Crippen molar-refractivity contribution in [2.75, 3.05) is 26.2 Å². The van der Waals surface area contributed by atoms with Crippen molar-refractivity contribution in [1.82, 2.24) is 0 Å². The summed E-state index contributed by atoms with van der Waals surface area (Å²) in [6.07, 6.45) is -2.66. The highest BCUT2D eigenvalue weighted by Crippen LogP contribution is 2.40. The molecule has 0 spiro atoms. The van der Waals surface area contributed by atoms with Crippen LogP contribution >= 0.6 is 0 Å². The third kappa shape index (κ3) is 5.08. The molecule has 2 heterocycles. The third-order valence-corrected chi connectivity index (χ3v) is 4.57. The highest BCUT2D eigenvalue weighted by atomic mass is 32.2. The lowest BCUT2D eigenvalue weighted by molar-refractivity contribution is -0.226. The Morgan fingerprint density at radius 2 is 1.71 bits per heavy atom. The Balaban J connectivity index is 2.19. The van der Waals surface area contributed by atoms with Gasteiger partial charge in [0.25, 0.3) is 20.2 Å². The number of rotatable bonds is 7. The average molecular weight is 390 g/mol. The molecule has 142 valence electrons. The van der Waals surface area contributed by atoms with Gasteiger partial charge in [0.1, 0.15) is 24.4 Å². The van der Waals surface area contributed by atoms with Gasteiger partial charge in [-0.15, -0.1) is 0 Å². The predicted octanol–water partition coefficient (Wildman–Crippen LogP) is -0.801. The minimum atomic E-state index is -3.90. The molecule has 24 heavy (non-hydrogen) atoms. The number of fused-ring (bicyclic) bond motifs is 1. The zero-order chi connectivity index (χ0) is 18.3. The van der Waals surface area contributed by atoms with Crippen molar-refractivity contribution in [3.63, 3.8) is 0 Å². The first-order valence-electron chi connectivity index (χ1n) is 7.08. The van der Waals surface area contributed by atoms with Crippen molar-refractivity contribution in [3.05, 3.63) is 0 Å². The van der Waals surface area contributed by atoms with Gasteiger partial charge < -0.3 is 18.9 Å². The monoisotopic (exact) mass is 390 g/mol. The molecule has 5 atom stereocenters. The van der Waals surface area contributed by atoms with Gasteiger partial charge in [0.2, 0.25) is 0 Å². The standard InChI is InChI=1S/C12H22O10S2/c1-12(2)20-10-9(17-3)8(19-11(10)21-12)7(22-24(5,15)16)6-18-23(4,13)14/h7-11H,6H2,1-5H3/t7-,8-,9+,10?,11-/m1/s1. The summed E-state index contributed by atoms with van der Waals surface area (Å²) in [5.41, 5.74) is 0. The molecule has 2 saturated heterocycles. The van der Waals surface area contributed by atoms with E-state index in [1.807, 2.05) is 0 Å². The van der Waals surface area contributed by atoms with Crippen LogP contribution in [0.4, 0.5) is 0 Å². The van der Waals surface area contributed by atoms with Gasteiger partial charge in [-0.1, -0.05) is 0 Å². The normalized spacial score (nSPS) is 34.2. The fourth-order valence-corrected chi connectivity index (χ4v) is 3.66. The minimum Gasteiger partial charge on any atom is -0.376 e. The molecule has 0 radical (unpaired) electrons. The van der Waals surface area contributed by atoms with Gasteiger partial charge >= 0.3 is 0 Å². The maximum Gasteiger partial charge on any atom is 0.264 e. The van der Waals surface area contributed by atoms with Gasteiger partial charge in [0.15, 0.2) is 12.1 Å². The molecule has 2 aliphatic heterocycles. The van der Waals surface area contributed by atoms with Crippen LogP contribution in [0.3, 0.4) is 0 Å². The molecule has 0 saturated carbocycles. The van der Waals surface area contributed by atoms with Crippen LogP contribution in [-0.2, 0) is 47.5 Å². The first-order chi connectivity index (χ1) is 10.8. The fraction of sp³-hybridized carbons (Fsp3) is 1.00. The summed E-state index contributed by atoms with van der Waals surface area (Å²) in [7, 11) is -6.30. The summed E-state index contributed by atoms with van der Waals surface area (Å²) in [5.74, 6) is -0.881. The molecule has 0 aliphatic carbocycles. The van der Waals surface area contributed by atoms with Gasteiger partial charge in [0, 0.05) is 7.11 Å². The highest BCUT2D eigenvalue weighted by Gasteiger charge is 2.57. The Kier molecular flexibility index (Phi) is 5.63. The lowest BCUT2D eigenvalue weighted by Gasteiger charge is -2.29. The fourth-order valence-electron chi connectivity index (χ4n) is 2.66. The summed E-state index contributed by atoms with van der Waals surface area (Å²) >= 11 is 0. The molecule has 12 heteroatoms. The lowest BCUT2D eigenvalue weighted by atomic mass is 10.1. The molecule has 0 aromatic heterocycles. The zero-order valence-electron chi connectivity index (χ0n) is 14.0. The maximum atomic E-state index is 11.5. The van der Waals surface area contributed by atoms with E-state index >= 15 is 0 Å². The highest BCUT2D eigenvalue weighted by molar-refractivity contribution is 7.86. The number of hydrogen-bond acceptors (Lipinski definition) is 10. The Morgan fingerprint density at radius 1 is 1.08 bits per heavy atom. The molecule has 0 bridgehead atoms. The molecule has 0 amide bonds. The van der Waals surface area contributed by atoms with Crippen LogP contribution in [0.25, 0.3) is 0 Å². The molecule has 0 N–H and O–H groups in total.